The Morgan fingerprint density at radius 3 is 1.36 bits per heavy atom. The van der Waals surface area contributed by atoms with Crippen LogP contribution in [0.25, 0.3) is 0 Å². The van der Waals surface area contributed by atoms with Crippen molar-refractivity contribution in [3.63, 3.8) is 0 Å². The number of carbonyl (C=O) groups excluding carboxylic acids is 2. The van der Waals surface area contributed by atoms with Crippen LogP contribution in [0.4, 0.5) is 9.59 Å². The highest BCUT2D eigenvalue weighted by atomic mass is 16.2. The van der Waals surface area contributed by atoms with Crippen LogP contribution in [0.2, 0.25) is 0 Å². The highest BCUT2D eigenvalue weighted by molar-refractivity contribution is 5.75. The fourth-order valence-corrected chi connectivity index (χ4v) is 3.32. The minimum absolute atomic E-state index is 0.124. The van der Waals surface area contributed by atoms with E-state index >= 15 is 0 Å². The molecule has 22 heavy (non-hydrogen) atoms. The second-order valence-electron chi connectivity index (χ2n) is 6.47. The van der Waals surface area contributed by atoms with Gasteiger partial charge in [0, 0.05) is 25.2 Å². The molecule has 0 atom stereocenters. The topological polar surface area (TPSA) is 82.3 Å². The van der Waals surface area contributed by atoms with E-state index in [9.17, 15) is 9.59 Å². The molecule has 6 nitrogen and oxygen atoms in total. The van der Waals surface area contributed by atoms with Crippen molar-refractivity contribution >= 4 is 12.1 Å². The maximum atomic E-state index is 11.7. The number of amides is 4. The van der Waals surface area contributed by atoms with E-state index in [1.54, 1.807) is 0 Å². The Bertz CT molecular complexity index is 316. The lowest BCUT2D eigenvalue weighted by molar-refractivity contribution is 0.228. The lowest BCUT2D eigenvalue weighted by atomic mass is 9.96. The summed E-state index contributed by atoms with van der Waals surface area (Å²) in [6.45, 7) is 0.910. The van der Waals surface area contributed by atoms with Crippen molar-refractivity contribution in [2.45, 2.75) is 76.3 Å². The Labute approximate surface area is 133 Å². The third kappa shape index (κ3) is 6.54. The number of urea groups is 2. The second-order valence-corrected chi connectivity index (χ2v) is 6.47. The predicted molar refractivity (Wildman–Crippen MR) is 86.8 cm³/mol. The lowest BCUT2D eigenvalue weighted by Crippen LogP contribution is -2.47. The van der Waals surface area contributed by atoms with Crippen LogP contribution in [0.1, 0.15) is 64.2 Å². The van der Waals surface area contributed by atoms with Crippen LogP contribution in [0.15, 0.2) is 0 Å². The molecule has 0 aliphatic heterocycles. The molecule has 6 heteroatoms. The van der Waals surface area contributed by atoms with Gasteiger partial charge in [0.15, 0.2) is 0 Å². The molecule has 4 N–H and O–H groups in total. The predicted octanol–water partition coefficient (Wildman–Crippen LogP) is 2.25. The van der Waals surface area contributed by atoms with Crippen LogP contribution in [0.3, 0.4) is 0 Å². The molecule has 0 radical (unpaired) electrons. The largest absolute Gasteiger partial charge is 0.336 e. The van der Waals surface area contributed by atoms with E-state index in [1.807, 2.05) is 0 Å². The van der Waals surface area contributed by atoms with Crippen molar-refractivity contribution in [2.75, 3.05) is 13.1 Å². The Balaban J connectivity index is 1.48. The summed E-state index contributed by atoms with van der Waals surface area (Å²) in [7, 11) is 0. The van der Waals surface area contributed by atoms with Crippen LogP contribution in [0.5, 0.6) is 0 Å². The molecule has 0 aromatic carbocycles. The van der Waals surface area contributed by atoms with E-state index < -0.39 is 0 Å². The molecular weight excluding hydrogens is 280 g/mol. The normalized spacial score (nSPS) is 20.2. The van der Waals surface area contributed by atoms with Crippen LogP contribution in [0, 0.1) is 0 Å². The van der Waals surface area contributed by atoms with Crippen molar-refractivity contribution < 1.29 is 9.59 Å². The van der Waals surface area contributed by atoms with Gasteiger partial charge >= 0.3 is 12.1 Å². The van der Waals surface area contributed by atoms with Gasteiger partial charge in [0.1, 0.15) is 0 Å². The zero-order valence-corrected chi connectivity index (χ0v) is 13.5. The van der Waals surface area contributed by atoms with E-state index in [1.165, 1.54) is 38.5 Å². The van der Waals surface area contributed by atoms with Crippen LogP contribution in [-0.2, 0) is 0 Å². The van der Waals surface area contributed by atoms with Crippen LogP contribution in [-0.4, -0.2) is 37.2 Å². The first-order valence-electron chi connectivity index (χ1n) is 8.83. The zero-order chi connectivity index (χ0) is 15.6. The maximum absolute atomic E-state index is 11.7. The molecule has 0 heterocycles. The Kier molecular flexibility index (Phi) is 7.33. The quantitative estimate of drug-likeness (QED) is 0.587. The summed E-state index contributed by atoms with van der Waals surface area (Å²) in [6.07, 6.45) is 11.7. The summed E-state index contributed by atoms with van der Waals surface area (Å²) < 4.78 is 0. The molecule has 2 fully saturated rings. The van der Waals surface area contributed by atoms with Crippen LogP contribution < -0.4 is 21.3 Å². The monoisotopic (exact) mass is 310 g/mol. The molecule has 0 unspecified atom stereocenters. The van der Waals surface area contributed by atoms with Gasteiger partial charge in [-0.3, -0.25) is 0 Å². The lowest BCUT2D eigenvalue weighted by Gasteiger charge is -2.23. The minimum atomic E-state index is -0.124. The Morgan fingerprint density at radius 2 is 1.00 bits per heavy atom. The van der Waals surface area contributed by atoms with Gasteiger partial charge in [0.2, 0.25) is 0 Å². The molecule has 0 saturated heterocycles. The molecule has 2 saturated carbocycles. The molecule has 0 bridgehead atoms. The summed E-state index contributed by atoms with van der Waals surface area (Å²) in [5, 5.41) is 11.6. The van der Waals surface area contributed by atoms with E-state index in [2.05, 4.69) is 21.3 Å². The van der Waals surface area contributed by atoms with E-state index in [-0.39, 0.29) is 12.1 Å². The summed E-state index contributed by atoms with van der Waals surface area (Å²) in [5.41, 5.74) is 0. The van der Waals surface area contributed by atoms with Crippen LogP contribution >= 0.6 is 0 Å². The molecule has 4 amide bonds. The molecule has 2 rings (SSSR count). The smallest absolute Gasteiger partial charge is 0.315 e. The van der Waals surface area contributed by atoms with Gasteiger partial charge in [-0.2, -0.15) is 0 Å². The minimum Gasteiger partial charge on any atom is -0.336 e. The van der Waals surface area contributed by atoms with Gasteiger partial charge < -0.3 is 21.3 Å². The van der Waals surface area contributed by atoms with Gasteiger partial charge in [-0.25, -0.2) is 9.59 Å². The number of carbonyl (C=O) groups is 2. The molecule has 0 aromatic heterocycles. The molecule has 2 aliphatic carbocycles. The fraction of sp³-hybridized carbons (Fsp3) is 0.875. The van der Waals surface area contributed by atoms with Gasteiger partial charge in [0.25, 0.3) is 0 Å². The Hall–Kier alpha value is -1.46. The van der Waals surface area contributed by atoms with E-state index in [0.717, 1.165) is 25.7 Å². The second kappa shape index (κ2) is 9.54. The van der Waals surface area contributed by atoms with Crippen molar-refractivity contribution in [2.24, 2.45) is 0 Å². The number of rotatable bonds is 5. The van der Waals surface area contributed by atoms with Gasteiger partial charge in [-0.15, -0.1) is 0 Å². The van der Waals surface area contributed by atoms with Crippen molar-refractivity contribution in [3.8, 4) is 0 Å². The first-order chi connectivity index (χ1) is 10.7. The van der Waals surface area contributed by atoms with Gasteiger partial charge in [-0.1, -0.05) is 38.5 Å². The third-order valence-electron chi connectivity index (χ3n) is 4.58. The molecular formula is C16H30N4O2. The highest BCUT2D eigenvalue weighted by Gasteiger charge is 2.16. The van der Waals surface area contributed by atoms with E-state index in [0.29, 0.717) is 25.2 Å². The summed E-state index contributed by atoms with van der Waals surface area (Å²) >= 11 is 0. The fourth-order valence-electron chi connectivity index (χ4n) is 3.32. The third-order valence-corrected chi connectivity index (χ3v) is 4.58. The molecule has 0 spiro atoms. The first-order valence-corrected chi connectivity index (χ1v) is 8.83. The zero-order valence-electron chi connectivity index (χ0n) is 13.5. The maximum Gasteiger partial charge on any atom is 0.315 e. The summed E-state index contributed by atoms with van der Waals surface area (Å²) in [6, 6.07) is 0.385. The molecule has 126 valence electrons. The number of hydrogen-bond acceptors (Lipinski definition) is 2. The standard InChI is InChI=1S/C16H30N4O2/c21-15(19-13-7-3-1-4-8-13)17-11-12-18-16(22)20-14-9-5-2-6-10-14/h13-14H,1-12H2,(H2,17,19,21)(H2,18,20,22). The van der Waals surface area contributed by atoms with E-state index in [4.69, 9.17) is 0 Å². The van der Waals surface area contributed by atoms with Gasteiger partial charge in [-0.05, 0) is 25.7 Å². The van der Waals surface area contributed by atoms with Crippen molar-refractivity contribution in [3.05, 3.63) is 0 Å². The average molecular weight is 310 g/mol. The van der Waals surface area contributed by atoms with Crippen molar-refractivity contribution in [1.29, 1.82) is 0 Å². The summed E-state index contributed by atoms with van der Waals surface area (Å²) in [4.78, 5) is 23.4. The Morgan fingerprint density at radius 1 is 0.636 bits per heavy atom. The molecule has 0 aromatic rings. The number of nitrogens with one attached hydrogen (secondary N) is 4. The first kappa shape index (κ1) is 16.9. The highest BCUT2D eigenvalue weighted by Crippen LogP contribution is 2.17. The number of hydrogen-bond donors (Lipinski definition) is 4. The van der Waals surface area contributed by atoms with Crippen molar-refractivity contribution in [1.82, 2.24) is 21.3 Å². The SMILES string of the molecule is O=C(NCCNC(=O)NC1CCCCC1)NC1CCCCC1. The molecule has 2 aliphatic rings. The summed E-state index contributed by atoms with van der Waals surface area (Å²) in [5.74, 6) is 0. The van der Waals surface area contributed by atoms with Gasteiger partial charge in [0.05, 0.1) is 0 Å². The average Bonchev–Trinajstić information content (AvgIpc) is 2.53.